The molecule has 0 fully saturated rings. The van der Waals surface area contributed by atoms with Gasteiger partial charge in [-0.25, -0.2) is 0 Å². The minimum absolute atomic E-state index is 0. The Morgan fingerprint density at radius 2 is 0.500 bits per heavy atom. The summed E-state index contributed by atoms with van der Waals surface area (Å²) in [4.78, 5) is 0. The molecule has 0 nitrogen and oxygen atoms in total. The van der Waals surface area contributed by atoms with Crippen LogP contribution in [0, 0.1) is 0 Å². The van der Waals surface area contributed by atoms with Gasteiger partial charge in [-0.1, -0.05) is 0 Å². The van der Waals surface area contributed by atoms with E-state index in [2.05, 4.69) is 0 Å². The molecule has 0 saturated heterocycles. The third-order valence-corrected chi connectivity index (χ3v) is 0. The molecule has 0 saturated carbocycles. The zero-order valence-corrected chi connectivity index (χ0v) is 4.64. The van der Waals surface area contributed by atoms with E-state index in [0.29, 0.717) is 0 Å². The normalized spacial score (nSPS) is 0. The zero-order valence-electron chi connectivity index (χ0n) is 1.44. The van der Waals surface area contributed by atoms with Crippen molar-refractivity contribution in [3.8, 4) is 0 Å². The Balaban J connectivity index is 0. The number of hydrogen-bond acceptors (Lipinski definition) is 0. The summed E-state index contributed by atoms with van der Waals surface area (Å²) >= 11 is 0. The predicted octanol–water partition coefficient (Wildman–Crippen LogP) is -8.99. The van der Waals surface area contributed by atoms with Gasteiger partial charge in [-0.3, -0.25) is 0 Å². The minimum atomic E-state index is 0. The van der Waals surface area contributed by atoms with Crippen LogP contribution in [0.1, 0.15) is 0 Å². The molecule has 0 amide bonds. The second-order valence-corrected chi connectivity index (χ2v) is 0. The van der Waals surface area contributed by atoms with Gasteiger partial charge in [-0.2, -0.15) is 0 Å². The Labute approximate surface area is 54.4 Å². The molecule has 0 rings (SSSR count). The van der Waals surface area contributed by atoms with Gasteiger partial charge in [-0.15, -0.1) is 0 Å². The average molecular weight is 170 g/mol. The van der Waals surface area contributed by atoms with Crippen molar-refractivity contribution in [1.29, 1.82) is 0 Å². The van der Waals surface area contributed by atoms with Crippen LogP contribution in [-0.4, -0.2) is 0 Å². The van der Waals surface area contributed by atoms with Crippen LogP contribution in [-0.2, 0) is 17.1 Å². The van der Waals surface area contributed by atoms with Crippen LogP contribution in [0.15, 0.2) is 0 Å². The molecule has 0 aliphatic rings. The van der Waals surface area contributed by atoms with Crippen LogP contribution in [0.5, 0.6) is 0 Å². The number of halogens is 3. The van der Waals surface area contributed by atoms with E-state index in [4.69, 9.17) is 0 Å². The van der Waals surface area contributed by atoms with Gasteiger partial charge >= 0.3 is 17.1 Å². The van der Waals surface area contributed by atoms with Crippen molar-refractivity contribution >= 4 is 0 Å². The molecular formula is Cl3Cu-2. The molecule has 0 unspecified atom stereocenters. The molecule has 0 aromatic rings. The summed E-state index contributed by atoms with van der Waals surface area (Å²) in [6, 6.07) is 0. The molecule has 0 heterocycles. The van der Waals surface area contributed by atoms with E-state index in [1.165, 1.54) is 0 Å². The molecule has 0 aromatic heterocycles. The van der Waals surface area contributed by atoms with Crippen molar-refractivity contribution in [3.05, 3.63) is 0 Å². The maximum atomic E-state index is 0. The van der Waals surface area contributed by atoms with E-state index < -0.39 is 0 Å². The molecule has 0 spiro atoms. The summed E-state index contributed by atoms with van der Waals surface area (Å²) in [5.74, 6) is 0. The van der Waals surface area contributed by atoms with Gasteiger partial charge in [0.05, 0.1) is 0 Å². The third-order valence-electron chi connectivity index (χ3n) is 0. The Kier molecular flexibility index (Phi) is 351. The summed E-state index contributed by atoms with van der Waals surface area (Å²) in [5, 5.41) is 0. The van der Waals surface area contributed by atoms with E-state index in [9.17, 15) is 0 Å². The second-order valence-electron chi connectivity index (χ2n) is 0. The van der Waals surface area contributed by atoms with Crippen molar-refractivity contribution in [3.63, 3.8) is 0 Å². The van der Waals surface area contributed by atoms with Gasteiger partial charge in [0.1, 0.15) is 0 Å². The average Bonchev–Trinajstić information content (AvgIpc) is 0. The predicted molar refractivity (Wildman–Crippen MR) is 0 cm³/mol. The molecule has 0 radical (unpaired) electrons. The Bertz CT molecular complexity index is 3.25. The van der Waals surface area contributed by atoms with Crippen molar-refractivity contribution in [1.82, 2.24) is 0 Å². The molecule has 34 valence electrons. The molecule has 0 N–H and O–H groups in total. The van der Waals surface area contributed by atoms with Gasteiger partial charge in [0.25, 0.3) is 0 Å². The minimum Gasteiger partial charge on any atom is -1.00 e. The van der Waals surface area contributed by atoms with E-state index in [1.807, 2.05) is 0 Å². The summed E-state index contributed by atoms with van der Waals surface area (Å²) in [6.07, 6.45) is 0. The van der Waals surface area contributed by atoms with Crippen LogP contribution in [0.2, 0.25) is 0 Å². The van der Waals surface area contributed by atoms with Gasteiger partial charge in [0, 0.05) is 0 Å². The quantitative estimate of drug-likeness (QED) is 0.317. The van der Waals surface area contributed by atoms with Gasteiger partial charge in [-0.05, 0) is 0 Å². The van der Waals surface area contributed by atoms with Crippen molar-refractivity contribution in [2.45, 2.75) is 0 Å². The SMILES string of the molecule is [Cl-].[Cl-].[Cl-].[Cu+]. The van der Waals surface area contributed by atoms with Crippen molar-refractivity contribution < 1.29 is 54.3 Å². The van der Waals surface area contributed by atoms with E-state index in [-0.39, 0.29) is 54.3 Å². The number of rotatable bonds is 0. The van der Waals surface area contributed by atoms with Crippen molar-refractivity contribution in [2.24, 2.45) is 0 Å². The first kappa shape index (κ1) is 53.8. The molecular weight excluding hydrogens is 170 g/mol. The fourth-order valence-electron chi connectivity index (χ4n) is 0. The first-order chi connectivity index (χ1) is 0. The van der Waals surface area contributed by atoms with Gasteiger partial charge in [0.15, 0.2) is 0 Å². The monoisotopic (exact) mass is 168 g/mol. The topological polar surface area (TPSA) is 0 Å². The van der Waals surface area contributed by atoms with Gasteiger partial charge in [0.2, 0.25) is 0 Å². The summed E-state index contributed by atoms with van der Waals surface area (Å²) < 4.78 is 0. The van der Waals surface area contributed by atoms with E-state index in [1.54, 1.807) is 0 Å². The van der Waals surface area contributed by atoms with Crippen LogP contribution in [0.3, 0.4) is 0 Å². The molecule has 4 heteroatoms. The van der Waals surface area contributed by atoms with Crippen LogP contribution in [0.25, 0.3) is 0 Å². The van der Waals surface area contributed by atoms with Crippen LogP contribution in [0.4, 0.5) is 0 Å². The molecule has 4 heavy (non-hydrogen) atoms. The van der Waals surface area contributed by atoms with Gasteiger partial charge < -0.3 is 37.2 Å². The Morgan fingerprint density at radius 3 is 0.500 bits per heavy atom. The first-order valence-corrected chi connectivity index (χ1v) is 0. The standard InChI is InChI=1S/3ClH.Cu/h3*1H;/q;;;+1/p-3. The van der Waals surface area contributed by atoms with E-state index >= 15 is 0 Å². The van der Waals surface area contributed by atoms with Crippen molar-refractivity contribution in [2.75, 3.05) is 0 Å². The first-order valence-electron chi connectivity index (χ1n) is 0. The summed E-state index contributed by atoms with van der Waals surface area (Å²) in [5.41, 5.74) is 0. The third kappa shape index (κ3) is 10.0. The zero-order chi connectivity index (χ0) is 0. The van der Waals surface area contributed by atoms with E-state index in [0.717, 1.165) is 0 Å². The smallest absolute Gasteiger partial charge is 1.00 e. The van der Waals surface area contributed by atoms with Crippen LogP contribution < -0.4 is 37.2 Å². The summed E-state index contributed by atoms with van der Waals surface area (Å²) in [7, 11) is 0. The fraction of sp³-hybridized carbons (Fsp3) is 0. The molecule has 0 aliphatic heterocycles. The Hall–Kier alpha value is 1.39. The Morgan fingerprint density at radius 1 is 0.500 bits per heavy atom. The molecule has 0 bridgehead atoms. The maximum Gasteiger partial charge on any atom is 1.00 e. The second kappa shape index (κ2) is 26.1. The maximum absolute atomic E-state index is 0. The number of hydrogen-bond donors (Lipinski definition) is 0. The van der Waals surface area contributed by atoms with Crippen LogP contribution >= 0.6 is 0 Å². The largest absolute Gasteiger partial charge is 1.00 e. The molecule has 0 atom stereocenters. The molecule has 0 aliphatic carbocycles. The summed E-state index contributed by atoms with van der Waals surface area (Å²) in [6.45, 7) is 0. The fourth-order valence-corrected chi connectivity index (χ4v) is 0. The molecule has 0 aromatic carbocycles.